The van der Waals surface area contributed by atoms with Crippen LogP contribution in [-0.2, 0) is 6.54 Å². The zero-order valence-electron chi connectivity index (χ0n) is 10.1. The van der Waals surface area contributed by atoms with E-state index < -0.39 is 0 Å². The Balaban J connectivity index is 3.33. The summed E-state index contributed by atoms with van der Waals surface area (Å²) in [5.41, 5.74) is 4.77. The Morgan fingerprint density at radius 3 is 2.31 bits per heavy atom. The van der Waals surface area contributed by atoms with Crippen molar-refractivity contribution in [3.8, 4) is 5.75 Å². The maximum absolute atomic E-state index is 5.65. The van der Waals surface area contributed by atoms with Crippen molar-refractivity contribution in [1.82, 2.24) is 5.32 Å². The number of hydrogen-bond donors (Lipinski definition) is 1. The van der Waals surface area contributed by atoms with E-state index in [-0.39, 0.29) is 0 Å². The quantitative estimate of drug-likeness (QED) is 0.677. The molecule has 0 fully saturated rings. The summed E-state index contributed by atoms with van der Waals surface area (Å²) in [6.45, 7) is 6.97. The van der Waals surface area contributed by atoms with Gasteiger partial charge in [0.2, 0.25) is 0 Å². The molecule has 0 amide bonds. The molecular weight excluding hydrogens is 289 g/mol. The molecule has 0 aliphatic heterocycles. The van der Waals surface area contributed by atoms with Gasteiger partial charge in [-0.05, 0) is 37.5 Å². The zero-order valence-corrected chi connectivity index (χ0v) is 12.4. The lowest BCUT2D eigenvalue weighted by Crippen LogP contribution is -2.13. The Kier molecular flexibility index (Phi) is 5.09. The Morgan fingerprint density at radius 1 is 1.19 bits per heavy atom. The molecule has 0 heterocycles. The molecule has 0 radical (unpaired) electrons. The van der Waals surface area contributed by atoms with Crippen LogP contribution in [0.15, 0.2) is 4.47 Å². The minimum atomic E-state index is 0.438. The Morgan fingerprint density at radius 2 is 1.81 bits per heavy atom. The Bertz CT molecular complexity index is 393. The number of ether oxygens (including phenoxy) is 1. The molecule has 0 bridgehead atoms. The molecule has 0 atom stereocenters. The van der Waals surface area contributed by atoms with Crippen LogP contribution >= 0.6 is 27.5 Å². The monoisotopic (exact) mass is 305 g/mol. The van der Waals surface area contributed by atoms with Crippen molar-refractivity contribution in [3.63, 3.8) is 0 Å². The standard InChI is InChI=1S/C12H17BrClNO/c1-7-8(2)12(16-4)10(5-15-6-14)9(3)11(7)13/h15H,5-6H2,1-4H3. The van der Waals surface area contributed by atoms with Gasteiger partial charge in [0.15, 0.2) is 0 Å². The molecular formula is C12H17BrClNO. The minimum absolute atomic E-state index is 0.438. The molecule has 1 rings (SSSR count). The van der Waals surface area contributed by atoms with Gasteiger partial charge in [-0.3, -0.25) is 5.32 Å². The predicted octanol–water partition coefficient (Wildman–Crippen LogP) is 3.67. The lowest BCUT2D eigenvalue weighted by molar-refractivity contribution is 0.404. The van der Waals surface area contributed by atoms with E-state index in [1.807, 2.05) is 0 Å². The summed E-state index contributed by atoms with van der Waals surface area (Å²) >= 11 is 9.27. The summed E-state index contributed by atoms with van der Waals surface area (Å²) in [6.07, 6.45) is 0. The SMILES string of the molecule is COc1c(C)c(C)c(Br)c(C)c1CNCCl. The molecule has 0 aromatic heterocycles. The highest BCUT2D eigenvalue weighted by Crippen LogP contribution is 2.35. The highest BCUT2D eigenvalue weighted by Gasteiger charge is 2.15. The van der Waals surface area contributed by atoms with E-state index in [1.54, 1.807) is 7.11 Å². The normalized spacial score (nSPS) is 10.6. The second-order valence-corrected chi connectivity index (χ2v) is 4.82. The number of hydrogen-bond acceptors (Lipinski definition) is 2. The highest BCUT2D eigenvalue weighted by atomic mass is 79.9. The van der Waals surface area contributed by atoms with Crippen molar-refractivity contribution in [2.75, 3.05) is 13.1 Å². The van der Waals surface area contributed by atoms with E-state index in [0.717, 1.165) is 22.3 Å². The third-order valence-electron chi connectivity index (χ3n) is 2.89. The summed E-state index contributed by atoms with van der Waals surface area (Å²) in [5.74, 6) is 0.954. The van der Waals surface area contributed by atoms with E-state index in [2.05, 4.69) is 42.0 Å². The van der Waals surface area contributed by atoms with E-state index in [4.69, 9.17) is 16.3 Å². The van der Waals surface area contributed by atoms with Gasteiger partial charge >= 0.3 is 0 Å². The van der Waals surface area contributed by atoms with Gasteiger partial charge in [-0.1, -0.05) is 15.9 Å². The number of methoxy groups -OCH3 is 1. The molecule has 0 spiro atoms. The Labute approximate surface area is 110 Å². The van der Waals surface area contributed by atoms with Crippen LogP contribution in [-0.4, -0.2) is 13.1 Å². The van der Waals surface area contributed by atoms with E-state index in [9.17, 15) is 0 Å². The maximum atomic E-state index is 5.65. The fraction of sp³-hybridized carbons (Fsp3) is 0.500. The molecule has 0 unspecified atom stereocenters. The molecule has 4 heteroatoms. The molecule has 1 aromatic carbocycles. The maximum Gasteiger partial charge on any atom is 0.126 e. The van der Waals surface area contributed by atoms with E-state index in [0.29, 0.717) is 6.00 Å². The first-order valence-corrected chi connectivity index (χ1v) is 6.46. The van der Waals surface area contributed by atoms with Gasteiger partial charge in [-0.15, -0.1) is 11.6 Å². The van der Waals surface area contributed by atoms with Crippen molar-refractivity contribution in [3.05, 3.63) is 26.7 Å². The van der Waals surface area contributed by atoms with Crippen LogP contribution in [0.25, 0.3) is 0 Å². The van der Waals surface area contributed by atoms with Gasteiger partial charge < -0.3 is 4.74 Å². The molecule has 0 aliphatic rings. The third kappa shape index (κ3) is 2.53. The van der Waals surface area contributed by atoms with E-state index >= 15 is 0 Å². The molecule has 16 heavy (non-hydrogen) atoms. The summed E-state index contributed by atoms with van der Waals surface area (Å²) in [4.78, 5) is 0. The highest BCUT2D eigenvalue weighted by molar-refractivity contribution is 9.10. The summed E-state index contributed by atoms with van der Waals surface area (Å²) < 4.78 is 6.64. The zero-order chi connectivity index (χ0) is 12.3. The van der Waals surface area contributed by atoms with Crippen LogP contribution in [0.4, 0.5) is 0 Å². The number of benzene rings is 1. The molecule has 0 aliphatic carbocycles. The second-order valence-electron chi connectivity index (χ2n) is 3.76. The van der Waals surface area contributed by atoms with Crippen LogP contribution < -0.4 is 10.1 Å². The van der Waals surface area contributed by atoms with Gasteiger partial charge in [-0.2, -0.15) is 0 Å². The molecule has 1 aromatic rings. The van der Waals surface area contributed by atoms with Crippen molar-refractivity contribution < 1.29 is 4.74 Å². The summed E-state index contributed by atoms with van der Waals surface area (Å²) in [7, 11) is 1.71. The first-order valence-electron chi connectivity index (χ1n) is 5.13. The molecule has 90 valence electrons. The van der Waals surface area contributed by atoms with Crippen molar-refractivity contribution >= 4 is 27.5 Å². The van der Waals surface area contributed by atoms with Crippen molar-refractivity contribution in [2.45, 2.75) is 27.3 Å². The van der Waals surface area contributed by atoms with Crippen LogP contribution in [0.5, 0.6) is 5.75 Å². The van der Waals surface area contributed by atoms with Gasteiger partial charge in [0.1, 0.15) is 5.75 Å². The van der Waals surface area contributed by atoms with Crippen LogP contribution in [0, 0.1) is 20.8 Å². The largest absolute Gasteiger partial charge is 0.496 e. The second kappa shape index (κ2) is 5.89. The minimum Gasteiger partial charge on any atom is -0.496 e. The molecule has 2 nitrogen and oxygen atoms in total. The van der Waals surface area contributed by atoms with Gasteiger partial charge in [0.05, 0.1) is 13.1 Å². The average molecular weight is 307 g/mol. The van der Waals surface area contributed by atoms with Crippen molar-refractivity contribution in [1.29, 1.82) is 0 Å². The summed E-state index contributed by atoms with van der Waals surface area (Å²) in [6, 6.07) is 0.438. The van der Waals surface area contributed by atoms with E-state index in [1.165, 1.54) is 16.7 Å². The number of alkyl halides is 1. The Hall–Kier alpha value is -0.250. The first-order chi connectivity index (χ1) is 7.54. The molecule has 0 saturated heterocycles. The lowest BCUT2D eigenvalue weighted by Gasteiger charge is -2.18. The number of rotatable bonds is 4. The van der Waals surface area contributed by atoms with Crippen LogP contribution in [0.2, 0.25) is 0 Å². The van der Waals surface area contributed by atoms with Crippen molar-refractivity contribution in [2.24, 2.45) is 0 Å². The number of nitrogens with one attached hydrogen (secondary N) is 1. The van der Waals surface area contributed by atoms with Crippen LogP contribution in [0.1, 0.15) is 22.3 Å². The lowest BCUT2D eigenvalue weighted by atomic mass is 9.99. The average Bonchev–Trinajstić information content (AvgIpc) is 2.29. The summed E-state index contributed by atoms with van der Waals surface area (Å²) in [5, 5.41) is 3.12. The fourth-order valence-electron chi connectivity index (χ4n) is 1.81. The topological polar surface area (TPSA) is 21.3 Å². The fourth-order valence-corrected chi connectivity index (χ4v) is 2.44. The van der Waals surface area contributed by atoms with Gasteiger partial charge in [-0.25, -0.2) is 0 Å². The predicted molar refractivity (Wildman–Crippen MR) is 72.5 cm³/mol. The van der Waals surface area contributed by atoms with Gasteiger partial charge in [0, 0.05) is 16.6 Å². The number of halogens is 2. The molecule has 0 saturated carbocycles. The first kappa shape index (κ1) is 13.8. The third-order valence-corrected chi connectivity index (χ3v) is 4.27. The van der Waals surface area contributed by atoms with Crippen LogP contribution in [0.3, 0.4) is 0 Å². The molecule has 1 N–H and O–H groups in total. The smallest absolute Gasteiger partial charge is 0.126 e. The van der Waals surface area contributed by atoms with Gasteiger partial charge in [0.25, 0.3) is 0 Å².